The molecule has 0 spiro atoms. The van der Waals surface area contributed by atoms with Crippen molar-refractivity contribution in [2.75, 3.05) is 0 Å². The van der Waals surface area contributed by atoms with Crippen molar-refractivity contribution in [3.05, 3.63) is 0 Å². The SMILES string of the molecule is FC1CCC(CCC2CCCCCC2)CCC1F. The highest BCUT2D eigenvalue weighted by Gasteiger charge is 2.27. The third-order valence-corrected chi connectivity index (χ3v) is 5.05. The van der Waals surface area contributed by atoms with Crippen molar-refractivity contribution in [1.29, 1.82) is 0 Å². The second-order valence-corrected chi connectivity index (χ2v) is 6.49. The van der Waals surface area contributed by atoms with Crippen LogP contribution in [0, 0.1) is 11.8 Å². The summed E-state index contributed by atoms with van der Waals surface area (Å²) in [5.74, 6) is 1.49. The first-order chi connectivity index (χ1) is 8.75. The van der Waals surface area contributed by atoms with Gasteiger partial charge in [0.1, 0.15) is 12.3 Å². The van der Waals surface area contributed by atoms with Gasteiger partial charge in [-0.2, -0.15) is 0 Å². The van der Waals surface area contributed by atoms with E-state index in [1.165, 1.54) is 51.4 Å². The Morgan fingerprint density at radius 3 is 1.50 bits per heavy atom. The van der Waals surface area contributed by atoms with Crippen LogP contribution in [-0.4, -0.2) is 12.3 Å². The monoisotopic (exact) mass is 258 g/mol. The Balaban J connectivity index is 1.69. The molecule has 0 amide bonds. The van der Waals surface area contributed by atoms with Gasteiger partial charge >= 0.3 is 0 Å². The molecule has 0 nitrogen and oxygen atoms in total. The van der Waals surface area contributed by atoms with Crippen LogP contribution in [0.2, 0.25) is 0 Å². The molecule has 0 saturated heterocycles. The maximum Gasteiger partial charge on any atom is 0.131 e. The van der Waals surface area contributed by atoms with Crippen LogP contribution < -0.4 is 0 Å². The number of halogens is 2. The highest BCUT2D eigenvalue weighted by atomic mass is 19.2. The van der Waals surface area contributed by atoms with Gasteiger partial charge in [0, 0.05) is 0 Å². The van der Waals surface area contributed by atoms with Gasteiger partial charge in [0.05, 0.1) is 0 Å². The zero-order valence-corrected chi connectivity index (χ0v) is 11.6. The minimum atomic E-state index is -1.19. The molecule has 2 aliphatic rings. The number of rotatable bonds is 3. The lowest BCUT2D eigenvalue weighted by atomic mass is 9.87. The molecule has 2 aliphatic carbocycles. The average Bonchev–Trinajstić information content (AvgIpc) is 2.72. The van der Waals surface area contributed by atoms with Crippen molar-refractivity contribution in [1.82, 2.24) is 0 Å². The van der Waals surface area contributed by atoms with Crippen LogP contribution in [0.1, 0.15) is 77.0 Å². The van der Waals surface area contributed by atoms with Crippen LogP contribution in [-0.2, 0) is 0 Å². The second-order valence-electron chi connectivity index (χ2n) is 6.49. The molecule has 0 N–H and O–H groups in total. The summed E-state index contributed by atoms with van der Waals surface area (Å²) in [6.07, 6.45) is 11.3. The van der Waals surface area contributed by atoms with Crippen LogP contribution in [0.4, 0.5) is 8.78 Å². The Bertz CT molecular complexity index is 209. The van der Waals surface area contributed by atoms with E-state index in [9.17, 15) is 8.78 Å². The lowest BCUT2D eigenvalue weighted by Crippen LogP contribution is -2.14. The van der Waals surface area contributed by atoms with E-state index >= 15 is 0 Å². The molecule has 0 heterocycles. The van der Waals surface area contributed by atoms with Gasteiger partial charge in [-0.3, -0.25) is 0 Å². The van der Waals surface area contributed by atoms with E-state index in [4.69, 9.17) is 0 Å². The number of alkyl halides is 2. The van der Waals surface area contributed by atoms with E-state index in [0.717, 1.165) is 18.8 Å². The minimum absolute atomic E-state index is 0.455. The maximum absolute atomic E-state index is 13.3. The number of hydrogen-bond donors (Lipinski definition) is 0. The van der Waals surface area contributed by atoms with Gasteiger partial charge in [-0.25, -0.2) is 8.78 Å². The van der Waals surface area contributed by atoms with Gasteiger partial charge in [0.25, 0.3) is 0 Å². The molecule has 2 atom stereocenters. The fourth-order valence-electron chi connectivity index (χ4n) is 3.71. The van der Waals surface area contributed by atoms with E-state index in [1.807, 2.05) is 0 Å². The van der Waals surface area contributed by atoms with Gasteiger partial charge in [0.2, 0.25) is 0 Å². The highest BCUT2D eigenvalue weighted by molar-refractivity contribution is 4.77. The summed E-state index contributed by atoms with van der Waals surface area (Å²) in [6.45, 7) is 0. The van der Waals surface area contributed by atoms with Crippen molar-refractivity contribution in [2.45, 2.75) is 89.4 Å². The predicted octanol–water partition coefficient (Wildman–Crippen LogP) is 5.60. The molecular formula is C16H28F2. The van der Waals surface area contributed by atoms with Crippen molar-refractivity contribution >= 4 is 0 Å². The first-order valence-corrected chi connectivity index (χ1v) is 8.04. The van der Waals surface area contributed by atoms with E-state index in [1.54, 1.807) is 0 Å². The van der Waals surface area contributed by atoms with E-state index in [2.05, 4.69) is 0 Å². The fourth-order valence-corrected chi connectivity index (χ4v) is 3.71. The molecule has 2 fully saturated rings. The molecule has 0 aliphatic heterocycles. The highest BCUT2D eigenvalue weighted by Crippen LogP contribution is 2.33. The molecule has 2 heteroatoms. The first kappa shape index (κ1) is 14.3. The van der Waals surface area contributed by atoms with Crippen LogP contribution in [0.25, 0.3) is 0 Å². The van der Waals surface area contributed by atoms with Crippen molar-refractivity contribution in [3.8, 4) is 0 Å². The Kier molecular flexibility index (Phi) is 5.91. The molecule has 0 bridgehead atoms. The lowest BCUT2D eigenvalue weighted by molar-refractivity contribution is 0.158. The Hall–Kier alpha value is -0.140. The molecular weight excluding hydrogens is 230 g/mol. The van der Waals surface area contributed by atoms with E-state index in [0.29, 0.717) is 18.8 Å². The summed E-state index contributed by atoms with van der Waals surface area (Å²) in [6, 6.07) is 0. The fraction of sp³-hybridized carbons (Fsp3) is 1.00. The van der Waals surface area contributed by atoms with Gasteiger partial charge in [-0.05, 0) is 37.5 Å². The molecule has 2 saturated carbocycles. The minimum Gasteiger partial charge on any atom is -0.244 e. The molecule has 106 valence electrons. The van der Waals surface area contributed by atoms with Gasteiger partial charge in [-0.1, -0.05) is 51.4 Å². The lowest BCUT2D eigenvalue weighted by Gasteiger charge is -2.18. The summed E-state index contributed by atoms with van der Waals surface area (Å²) in [7, 11) is 0. The van der Waals surface area contributed by atoms with Gasteiger partial charge < -0.3 is 0 Å². The summed E-state index contributed by atoms with van der Waals surface area (Å²) in [4.78, 5) is 0. The van der Waals surface area contributed by atoms with Crippen LogP contribution >= 0.6 is 0 Å². The summed E-state index contributed by atoms with van der Waals surface area (Å²) in [5.41, 5.74) is 0. The normalized spacial score (nSPS) is 36.0. The molecule has 2 unspecified atom stereocenters. The predicted molar refractivity (Wildman–Crippen MR) is 72.2 cm³/mol. The summed E-state index contributed by atoms with van der Waals surface area (Å²) >= 11 is 0. The molecule has 18 heavy (non-hydrogen) atoms. The molecule has 0 aromatic carbocycles. The Morgan fingerprint density at radius 1 is 0.556 bits per heavy atom. The van der Waals surface area contributed by atoms with E-state index in [-0.39, 0.29) is 0 Å². The molecule has 0 radical (unpaired) electrons. The van der Waals surface area contributed by atoms with Crippen molar-refractivity contribution in [3.63, 3.8) is 0 Å². The summed E-state index contributed by atoms with van der Waals surface area (Å²) < 4.78 is 26.6. The summed E-state index contributed by atoms with van der Waals surface area (Å²) in [5, 5.41) is 0. The third kappa shape index (κ3) is 4.51. The standard InChI is InChI=1S/C16H28F2/c17-15-11-9-14(10-12-16(15)18)8-7-13-5-3-1-2-4-6-13/h13-16H,1-12H2. The van der Waals surface area contributed by atoms with Crippen LogP contribution in [0.3, 0.4) is 0 Å². The van der Waals surface area contributed by atoms with E-state index < -0.39 is 12.3 Å². The maximum atomic E-state index is 13.3. The van der Waals surface area contributed by atoms with Crippen molar-refractivity contribution < 1.29 is 8.78 Å². The second kappa shape index (κ2) is 7.45. The van der Waals surface area contributed by atoms with Crippen molar-refractivity contribution in [2.24, 2.45) is 11.8 Å². The zero-order chi connectivity index (χ0) is 12.8. The third-order valence-electron chi connectivity index (χ3n) is 5.05. The zero-order valence-electron chi connectivity index (χ0n) is 11.6. The van der Waals surface area contributed by atoms with Gasteiger partial charge in [-0.15, -0.1) is 0 Å². The quantitative estimate of drug-likeness (QED) is 0.578. The largest absolute Gasteiger partial charge is 0.244 e. The smallest absolute Gasteiger partial charge is 0.131 e. The average molecular weight is 258 g/mol. The van der Waals surface area contributed by atoms with Gasteiger partial charge in [0.15, 0.2) is 0 Å². The molecule has 0 aromatic heterocycles. The molecule has 0 aromatic rings. The first-order valence-electron chi connectivity index (χ1n) is 8.04. The van der Waals surface area contributed by atoms with Crippen LogP contribution in [0.15, 0.2) is 0 Å². The Labute approximate surface area is 111 Å². The molecule has 2 rings (SSSR count). The van der Waals surface area contributed by atoms with Crippen LogP contribution in [0.5, 0.6) is 0 Å². The topological polar surface area (TPSA) is 0 Å². The Morgan fingerprint density at radius 2 is 1.00 bits per heavy atom. The number of hydrogen-bond acceptors (Lipinski definition) is 0.